The normalized spacial score (nSPS) is 19.3. The minimum atomic E-state index is -0.652. The van der Waals surface area contributed by atoms with Gasteiger partial charge in [-0.05, 0) is 37.6 Å². The fourth-order valence-electron chi connectivity index (χ4n) is 3.86. The highest BCUT2D eigenvalue weighted by molar-refractivity contribution is 6.44. The molecule has 8 nitrogen and oxygen atoms in total. The average molecular weight is 436 g/mol. The number of ether oxygens (including phenoxy) is 1. The van der Waals surface area contributed by atoms with Gasteiger partial charge in [0, 0.05) is 31.9 Å². The summed E-state index contributed by atoms with van der Waals surface area (Å²) in [7, 11) is 0. The highest BCUT2D eigenvalue weighted by Gasteiger charge is 2.33. The minimum absolute atomic E-state index is 0.163. The summed E-state index contributed by atoms with van der Waals surface area (Å²) in [5.41, 5.74) is 4.43. The number of morpholine rings is 1. The number of hydrogen-bond donors (Lipinski definition) is 1. The van der Waals surface area contributed by atoms with Crippen LogP contribution < -0.4 is 15.3 Å². The quantitative estimate of drug-likeness (QED) is 0.721. The Morgan fingerprint density at radius 1 is 1.09 bits per heavy atom. The van der Waals surface area contributed by atoms with Gasteiger partial charge >= 0.3 is 0 Å². The first-order chi connectivity index (χ1) is 15.6. The second-order valence-corrected chi connectivity index (χ2v) is 7.87. The molecule has 2 heterocycles. The van der Waals surface area contributed by atoms with Crippen molar-refractivity contribution in [3.8, 4) is 0 Å². The maximum atomic E-state index is 13.6. The molecule has 1 N–H and O–H groups in total. The van der Waals surface area contributed by atoms with E-state index in [1.165, 1.54) is 5.01 Å². The van der Waals surface area contributed by atoms with E-state index in [9.17, 15) is 9.59 Å². The second kappa shape index (κ2) is 10.4. The van der Waals surface area contributed by atoms with E-state index < -0.39 is 6.04 Å². The average Bonchev–Trinajstić information content (AvgIpc) is 2.85. The topological polar surface area (TPSA) is 77.5 Å². The van der Waals surface area contributed by atoms with Gasteiger partial charge in [0.25, 0.3) is 11.8 Å². The lowest BCUT2D eigenvalue weighted by Crippen LogP contribution is -2.58. The van der Waals surface area contributed by atoms with Gasteiger partial charge < -0.3 is 9.64 Å². The summed E-state index contributed by atoms with van der Waals surface area (Å²) in [5.74, 6) is -0.291. The van der Waals surface area contributed by atoms with Crippen LogP contribution in [0, 0.1) is 0 Å². The standard InChI is InChI=1S/C24H29N5O3/c1-19-23(30)29(21-11-6-3-7-12-21)26-22(25-19)24(31)28(20-9-4-2-5-10-20)14-8-13-27-15-17-32-18-16-27/h2-7,9-12,19H,8,13-18H2,1H3,(H,25,26)/t19-/m1/s1. The van der Waals surface area contributed by atoms with Crippen molar-refractivity contribution in [1.82, 2.24) is 10.3 Å². The molecule has 2 aromatic carbocycles. The van der Waals surface area contributed by atoms with E-state index in [2.05, 4.69) is 15.3 Å². The molecule has 0 radical (unpaired) electrons. The Bertz CT molecular complexity index is 945. The SMILES string of the molecule is C[C@H]1N=C(C(=O)N(CCCN2CCOCC2)c2ccccc2)NN(c2ccccc2)C1=O. The number of carbonyl (C=O) groups excluding carboxylic acids is 2. The Morgan fingerprint density at radius 2 is 1.75 bits per heavy atom. The van der Waals surface area contributed by atoms with Gasteiger partial charge in [-0.1, -0.05) is 36.4 Å². The zero-order chi connectivity index (χ0) is 22.3. The summed E-state index contributed by atoms with van der Waals surface area (Å²) in [5, 5.41) is 1.40. The molecule has 0 spiro atoms. The molecule has 2 aromatic rings. The molecule has 4 rings (SSSR count). The smallest absolute Gasteiger partial charge is 0.295 e. The van der Waals surface area contributed by atoms with Crippen LogP contribution in [0.25, 0.3) is 0 Å². The van der Waals surface area contributed by atoms with Gasteiger partial charge in [0.2, 0.25) is 5.84 Å². The highest BCUT2D eigenvalue weighted by Crippen LogP contribution is 2.19. The summed E-state index contributed by atoms with van der Waals surface area (Å²) in [4.78, 5) is 34.7. The molecular weight excluding hydrogens is 406 g/mol. The lowest BCUT2D eigenvalue weighted by molar-refractivity contribution is -0.120. The molecule has 1 fully saturated rings. The summed E-state index contributed by atoms with van der Waals surface area (Å²) in [6, 6.07) is 18.2. The van der Waals surface area contributed by atoms with Crippen molar-refractivity contribution in [2.45, 2.75) is 19.4 Å². The third-order valence-electron chi connectivity index (χ3n) is 5.61. The van der Waals surface area contributed by atoms with Crippen LogP contribution in [0.5, 0.6) is 0 Å². The van der Waals surface area contributed by atoms with Crippen LogP contribution in [0.3, 0.4) is 0 Å². The van der Waals surface area contributed by atoms with E-state index in [0.717, 1.165) is 45.0 Å². The molecule has 8 heteroatoms. The zero-order valence-electron chi connectivity index (χ0n) is 18.3. The van der Waals surface area contributed by atoms with Crippen LogP contribution in [0.4, 0.5) is 11.4 Å². The molecule has 0 aliphatic carbocycles. The van der Waals surface area contributed by atoms with Crippen molar-refractivity contribution in [3.05, 3.63) is 60.7 Å². The van der Waals surface area contributed by atoms with Gasteiger partial charge in [0.15, 0.2) is 0 Å². The minimum Gasteiger partial charge on any atom is -0.379 e. The van der Waals surface area contributed by atoms with E-state index in [0.29, 0.717) is 12.2 Å². The van der Waals surface area contributed by atoms with E-state index in [4.69, 9.17) is 4.74 Å². The van der Waals surface area contributed by atoms with Crippen molar-refractivity contribution in [3.63, 3.8) is 0 Å². The van der Waals surface area contributed by atoms with Gasteiger partial charge in [-0.2, -0.15) is 0 Å². The molecule has 1 atom stereocenters. The summed E-state index contributed by atoms with van der Waals surface area (Å²) in [6.07, 6.45) is 0.824. The zero-order valence-corrected chi connectivity index (χ0v) is 18.3. The van der Waals surface area contributed by atoms with Gasteiger partial charge in [0.05, 0.1) is 18.9 Å². The summed E-state index contributed by atoms with van der Waals surface area (Å²) >= 11 is 0. The first-order valence-corrected chi connectivity index (χ1v) is 11.0. The molecular formula is C24H29N5O3. The Hall–Kier alpha value is -3.23. The maximum absolute atomic E-state index is 13.6. The van der Waals surface area contributed by atoms with Crippen molar-refractivity contribution in [1.29, 1.82) is 0 Å². The maximum Gasteiger partial charge on any atom is 0.295 e. The lowest BCUT2D eigenvalue weighted by Gasteiger charge is -2.33. The molecule has 0 aromatic heterocycles. The third-order valence-corrected chi connectivity index (χ3v) is 5.61. The number of rotatable bonds is 7. The number of carbonyl (C=O) groups is 2. The number of anilines is 2. The van der Waals surface area contributed by atoms with Gasteiger partial charge in [-0.25, -0.2) is 10.0 Å². The fraction of sp³-hybridized carbons (Fsp3) is 0.375. The number of nitrogens with zero attached hydrogens (tertiary/aromatic N) is 4. The molecule has 0 unspecified atom stereocenters. The fourth-order valence-corrected chi connectivity index (χ4v) is 3.86. The molecule has 32 heavy (non-hydrogen) atoms. The predicted molar refractivity (Wildman–Crippen MR) is 125 cm³/mol. The molecule has 1 saturated heterocycles. The summed E-state index contributed by atoms with van der Waals surface area (Å²) < 4.78 is 5.42. The van der Waals surface area contributed by atoms with E-state index in [-0.39, 0.29) is 17.6 Å². The second-order valence-electron chi connectivity index (χ2n) is 7.87. The highest BCUT2D eigenvalue weighted by atomic mass is 16.5. The monoisotopic (exact) mass is 435 g/mol. The largest absolute Gasteiger partial charge is 0.379 e. The molecule has 2 amide bonds. The number of benzene rings is 2. The van der Waals surface area contributed by atoms with Crippen molar-refractivity contribution in [2.75, 3.05) is 49.3 Å². The van der Waals surface area contributed by atoms with Crippen molar-refractivity contribution < 1.29 is 14.3 Å². The molecule has 2 aliphatic heterocycles. The van der Waals surface area contributed by atoms with Crippen LogP contribution in [-0.4, -0.2) is 68.0 Å². The molecule has 168 valence electrons. The van der Waals surface area contributed by atoms with Crippen LogP contribution in [0.2, 0.25) is 0 Å². The molecule has 2 aliphatic rings. The van der Waals surface area contributed by atoms with Crippen LogP contribution in [0.15, 0.2) is 65.7 Å². The van der Waals surface area contributed by atoms with Crippen LogP contribution in [0.1, 0.15) is 13.3 Å². The Morgan fingerprint density at radius 3 is 2.44 bits per heavy atom. The number of hydrazine groups is 1. The molecule has 0 bridgehead atoms. The van der Waals surface area contributed by atoms with Gasteiger partial charge in [-0.3, -0.25) is 19.9 Å². The summed E-state index contributed by atoms with van der Waals surface area (Å²) in [6.45, 7) is 6.49. The predicted octanol–water partition coefficient (Wildman–Crippen LogP) is 2.08. The number of aliphatic imine (C=N–C) groups is 1. The Kier molecular flexibility index (Phi) is 7.14. The Balaban J connectivity index is 1.51. The van der Waals surface area contributed by atoms with Crippen LogP contribution in [-0.2, 0) is 14.3 Å². The van der Waals surface area contributed by atoms with Gasteiger partial charge in [0.1, 0.15) is 6.04 Å². The number of amidine groups is 1. The Labute approximate surface area is 188 Å². The number of amides is 2. The number of nitrogens with one attached hydrogen (secondary N) is 1. The van der Waals surface area contributed by atoms with E-state index in [1.54, 1.807) is 11.8 Å². The first-order valence-electron chi connectivity index (χ1n) is 11.0. The molecule has 0 saturated carbocycles. The number of para-hydroxylation sites is 2. The van der Waals surface area contributed by atoms with Crippen LogP contribution >= 0.6 is 0 Å². The van der Waals surface area contributed by atoms with Crippen molar-refractivity contribution >= 4 is 29.0 Å². The van der Waals surface area contributed by atoms with E-state index in [1.807, 2.05) is 60.7 Å². The first kappa shape index (κ1) is 22.0. The van der Waals surface area contributed by atoms with Gasteiger partial charge in [-0.15, -0.1) is 0 Å². The van der Waals surface area contributed by atoms with Crippen molar-refractivity contribution in [2.24, 2.45) is 4.99 Å². The number of hydrogen-bond acceptors (Lipinski definition) is 6. The lowest BCUT2D eigenvalue weighted by atomic mass is 10.2. The third kappa shape index (κ3) is 5.15. The van der Waals surface area contributed by atoms with E-state index >= 15 is 0 Å².